The first-order valence-electron chi connectivity index (χ1n) is 18.9. The van der Waals surface area contributed by atoms with E-state index in [0.29, 0.717) is 19.8 Å². The zero-order chi connectivity index (χ0) is 34.1. The highest BCUT2D eigenvalue weighted by Crippen LogP contribution is 2.30. The molecule has 0 unspecified atom stereocenters. The fourth-order valence-corrected chi connectivity index (χ4v) is 6.15. The molecule has 0 aliphatic carbocycles. The molecule has 0 spiro atoms. The summed E-state index contributed by atoms with van der Waals surface area (Å²) in [4.78, 5) is 13.6. The Labute approximate surface area is 290 Å². The van der Waals surface area contributed by atoms with Crippen molar-refractivity contribution in [2.75, 3.05) is 19.7 Å². The van der Waals surface area contributed by atoms with Crippen LogP contribution in [0.4, 0.5) is 0 Å². The number of aliphatic hydroxyl groups is 1. The van der Waals surface area contributed by atoms with Crippen LogP contribution in [0.5, 0.6) is 0 Å². The molecule has 3 rings (SSSR count). The fourth-order valence-electron chi connectivity index (χ4n) is 6.15. The van der Waals surface area contributed by atoms with Crippen molar-refractivity contribution >= 4 is 5.91 Å². The average Bonchev–Trinajstić information content (AvgIpc) is 3.42. The molecule has 0 saturated carbocycles. The van der Waals surface area contributed by atoms with Crippen molar-refractivity contribution in [3.8, 4) is 0 Å². The number of hydrogen-bond acceptors (Lipinski definition) is 7. The van der Waals surface area contributed by atoms with E-state index in [-0.39, 0.29) is 12.5 Å². The number of unbranched alkanes of at least 4 members (excludes halogenated alkanes) is 14. The molecule has 1 fully saturated rings. The predicted molar refractivity (Wildman–Crippen MR) is 192 cm³/mol. The molecule has 0 bridgehead atoms. The molecule has 1 amide bonds. The van der Waals surface area contributed by atoms with E-state index in [9.17, 15) is 9.90 Å². The van der Waals surface area contributed by atoms with E-state index in [1.165, 1.54) is 64.2 Å². The van der Waals surface area contributed by atoms with Crippen molar-refractivity contribution < 1.29 is 28.8 Å². The molecule has 1 heterocycles. The number of carbonyl (C=O) groups is 1. The van der Waals surface area contributed by atoms with Gasteiger partial charge in [-0.2, -0.15) is 0 Å². The van der Waals surface area contributed by atoms with Gasteiger partial charge in [-0.25, -0.2) is 0 Å². The quantitative estimate of drug-likeness (QED) is 0.0801. The van der Waals surface area contributed by atoms with Crippen molar-refractivity contribution in [2.24, 2.45) is 5.73 Å². The van der Waals surface area contributed by atoms with Crippen LogP contribution in [0.1, 0.15) is 121 Å². The molecule has 1 saturated heterocycles. The van der Waals surface area contributed by atoms with Crippen LogP contribution in [0.25, 0.3) is 0 Å². The third-order valence-electron chi connectivity index (χ3n) is 9.06. The van der Waals surface area contributed by atoms with Gasteiger partial charge in [0.05, 0.1) is 13.2 Å². The van der Waals surface area contributed by atoms with Crippen molar-refractivity contribution in [3.63, 3.8) is 0 Å². The van der Waals surface area contributed by atoms with Gasteiger partial charge in [-0.1, -0.05) is 151 Å². The van der Waals surface area contributed by atoms with Gasteiger partial charge in [-0.15, -0.1) is 0 Å². The van der Waals surface area contributed by atoms with E-state index in [0.717, 1.165) is 56.2 Å². The predicted octanol–water partition coefficient (Wildman–Crippen LogP) is 7.60. The lowest BCUT2D eigenvalue weighted by molar-refractivity contribution is -0.194. The Hall–Kier alpha value is -2.33. The summed E-state index contributed by atoms with van der Waals surface area (Å²) in [5.41, 5.74) is 7.50. The monoisotopic (exact) mass is 668 g/mol. The Morgan fingerprint density at radius 1 is 0.750 bits per heavy atom. The minimum absolute atomic E-state index is 0.219. The highest BCUT2D eigenvalue weighted by Gasteiger charge is 2.51. The second-order valence-electron chi connectivity index (χ2n) is 13.2. The van der Waals surface area contributed by atoms with Gasteiger partial charge in [0.1, 0.15) is 18.3 Å². The summed E-state index contributed by atoms with van der Waals surface area (Å²) in [5.74, 6) is -0.286. The number of benzene rings is 2. The van der Waals surface area contributed by atoms with Crippen LogP contribution in [0.15, 0.2) is 60.7 Å². The number of amides is 1. The second-order valence-corrected chi connectivity index (χ2v) is 13.2. The maximum Gasteiger partial charge on any atom is 0.251 e. The summed E-state index contributed by atoms with van der Waals surface area (Å²) in [6.07, 6.45) is 14.0. The van der Waals surface area contributed by atoms with Crippen LogP contribution in [-0.2, 0) is 37.0 Å². The molecule has 270 valence electrons. The molecular weight excluding hydrogens is 604 g/mol. The van der Waals surface area contributed by atoms with Crippen LogP contribution < -0.4 is 11.1 Å². The molecule has 0 aromatic heterocycles. The van der Waals surface area contributed by atoms with Gasteiger partial charge < -0.3 is 35.1 Å². The third-order valence-corrected chi connectivity index (χ3v) is 9.06. The summed E-state index contributed by atoms with van der Waals surface area (Å²) >= 11 is 0. The van der Waals surface area contributed by atoms with E-state index in [1.54, 1.807) is 0 Å². The molecule has 8 heteroatoms. The van der Waals surface area contributed by atoms with Gasteiger partial charge in [-0.3, -0.25) is 4.79 Å². The zero-order valence-electron chi connectivity index (χ0n) is 29.6. The number of carbonyl (C=O) groups excluding carboxylic acids is 1. The van der Waals surface area contributed by atoms with Gasteiger partial charge in [0, 0.05) is 13.2 Å². The normalized spacial score (nSPS) is 19.8. The summed E-state index contributed by atoms with van der Waals surface area (Å²) in [5, 5.41) is 14.7. The molecule has 1 aliphatic heterocycles. The Balaban J connectivity index is 1.55. The Kier molecular flexibility index (Phi) is 21.4. The lowest BCUT2D eigenvalue weighted by Crippen LogP contribution is -2.49. The van der Waals surface area contributed by atoms with Crippen molar-refractivity contribution in [3.05, 3.63) is 71.8 Å². The number of nitrogens with one attached hydrogen (secondary N) is 1. The van der Waals surface area contributed by atoms with Gasteiger partial charge in [-0.05, 0) is 36.9 Å². The molecule has 1 aliphatic rings. The smallest absolute Gasteiger partial charge is 0.251 e. The third kappa shape index (κ3) is 15.9. The number of nitrogens with two attached hydrogens (primary N) is 1. The highest BCUT2D eigenvalue weighted by molar-refractivity contribution is 5.81. The average molecular weight is 669 g/mol. The molecule has 4 N–H and O–H groups in total. The van der Waals surface area contributed by atoms with Crippen molar-refractivity contribution in [1.82, 2.24) is 5.32 Å². The molecular formula is C40H64N2O6. The van der Waals surface area contributed by atoms with Gasteiger partial charge in [0.2, 0.25) is 0 Å². The van der Waals surface area contributed by atoms with Crippen molar-refractivity contribution in [2.45, 2.75) is 154 Å². The number of ether oxygens (including phenoxy) is 4. The summed E-state index contributed by atoms with van der Waals surface area (Å²) in [6.45, 7) is 4.57. The fraction of sp³-hybridized carbons (Fsp3) is 0.675. The lowest BCUT2D eigenvalue weighted by atomic mass is 10.0. The van der Waals surface area contributed by atoms with Crippen molar-refractivity contribution in [1.29, 1.82) is 0 Å². The first-order chi connectivity index (χ1) is 23.6. The van der Waals surface area contributed by atoms with E-state index in [4.69, 9.17) is 24.7 Å². The highest BCUT2D eigenvalue weighted by atomic mass is 16.7. The van der Waals surface area contributed by atoms with E-state index >= 15 is 0 Å². The molecule has 5 atom stereocenters. The summed E-state index contributed by atoms with van der Waals surface area (Å²) in [6, 6.07) is 19.6. The number of rotatable bonds is 28. The Bertz CT molecular complexity index is 1060. The molecule has 2 aromatic carbocycles. The van der Waals surface area contributed by atoms with Crippen LogP contribution in [-0.4, -0.2) is 61.4 Å². The molecule has 0 radical (unpaired) electrons. The first-order valence-corrected chi connectivity index (χ1v) is 18.9. The summed E-state index contributed by atoms with van der Waals surface area (Å²) in [7, 11) is 0. The van der Waals surface area contributed by atoms with Crippen LogP contribution in [0.2, 0.25) is 0 Å². The standard InChI is InChI=1S/C40H64N2O6/c1-2-3-4-5-14-23-30-45-40-37(46-31-33-24-17-15-18-25-33)35(43)36(48-40)38(47-32-34-26-19-16-20-27-34)39(44)42-29-22-13-11-9-7-6-8-10-12-21-28-41/h15-20,24-27,35-38,40,43H,2-14,21-23,28-32,41H2,1H3,(H,42,44)/t35-,36-,37+,38-,40+/m0/s1. The zero-order valence-corrected chi connectivity index (χ0v) is 29.6. The second kappa shape index (κ2) is 25.6. The molecule has 48 heavy (non-hydrogen) atoms. The van der Waals surface area contributed by atoms with Gasteiger partial charge in [0.25, 0.3) is 5.91 Å². The van der Waals surface area contributed by atoms with Crippen LogP contribution in [0, 0.1) is 0 Å². The Morgan fingerprint density at radius 2 is 1.29 bits per heavy atom. The SMILES string of the molecule is CCCCCCCCO[C@@H]1O[C@H]([C@H](OCc2ccccc2)C(=O)NCCCCCCCCCCCCN)[C@H](O)[C@H]1OCc1ccccc1. The number of hydrogen-bond donors (Lipinski definition) is 3. The lowest BCUT2D eigenvalue weighted by Gasteiger charge is -2.25. The molecule has 2 aromatic rings. The topological polar surface area (TPSA) is 112 Å². The van der Waals surface area contributed by atoms with Crippen LogP contribution >= 0.6 is 0 Å². The van der Waals surface area contributed by atoms with E-state index in [1.807, 2.05) is 60.7 Å². The van der Waals surface area contributed by atoms with E-state index < -0.39 is 30.7 Å². The van der Waals surface area contributed by atoms with Crippen LogP contribution in [0.3, 0.4) is 0 Å². The van der Waals surface area contributed by atoms with Gasteiger partial charge in [0.15, 0.2) is 12.4 Å². The minimum Gasteiger partial charge on any atom is -0.387 e. The van der Waals surface area contributed by atoms with Gasteiger partial charge >= 0.3 is 0 Å². The number of aliphatic hydroxyl groups excluding tert-OH is 1. The largest absolute Gasteiger partial charge is 0.387 e. The first kappa shape index (κ1) is 40.1. The molecule has 8 nitrogen and oxygen atoms in total. The summed E-state index contributed by atoms with van der Waals surface area (Å²) < 4.78 is 25.0. The Morgan fingerprint density at radius 3 is 1.90 bits per heavy atom. The minimum atomic E-state index is -1.11. The maximum atomic E-state index is 13.6. The van der Waals surface area contributed by atoms with E-state index in [2.05, 4.69) is 12.2 Å². The maximum absolute atomic E-state index is 13.6.